The van der Waals surface area contributed by atoms with Crippen molar-refractivity contribution >= 4 is 50.8 Å². The molecule has 0 saturated carbocycles. The van der Waals surface area contributed by atoms with Gasteiger partial charge >= 0.3 is 6.03 Å². The van der Waals surface area contributed by atoms with Crippen LogP contribution in [0.4, 0.5) is 4.79 Å². The quantitative estimate of drug-likeness (QED) is 0.840. The van der Waals surface area contributed by atoms with Crippen LogP contribution in [0.2, 0.25) is 0 Å². The number of carbonyl (C=O) groups excluding carboxylic acids is 2. The standard InChI is InChI=1S/C8H8BrClN2O2S/c9-5-1-6(15-4-5)3-11-8(14)12-7(13)2-10/h1,4H,2-3H2,(H2,11,12,13,14). The molecule has 0 atom stereocenters. The van der Waals surface area contributed by atoms with Crippen molar-refractivity contribution < 1.29 is 9.59 Å². The highest BCUT2D eigenvalue weighted by molar-refractivity contribution is 9.10. The number of imide groups is 1. The maximum absolute atomic E-state index is 11.1. The molecule has 0 bridgehead atoms. The molecule has 0 radical (unpaired) electrons. The van der Waals surface area contributed by atoms with Gasteiger partial charge in [0, 0.05) is 14.7 Å². The summed E-state index contributed by atoms with van der Waals surface area (Å²) in [5, 5.41) is 6.53. The molecular formula is C8H8BrClN2O2S. The molecule has 2 N–H and O–H groups in total. The van der Waals surface area contributed by atoms with Gasteiger partial charge in [-0.1, -0.05) is 0 Å². The van der Waals surface area contributed by atoms with Crippen LogP contribution in [0.15, 0.2) is 15.9 Å². The Morgan fingerprint density at radius 2 is 2.27 bits per heavy atom. The fraction of sp³-hybridized carbons (Fsp3) is 0.250. The molecule has 0 saturated heterocycles. The molecule has 15 heavy (non-hydrogen) atoms. The molecule has 3 amide bonds. The van der Waals surface area contributed by atoms with Gasteiger partial charge in [-0.2, -0.15) is 0 Å². The smallest absolute Gasteiger partial charge is 0.321 e. The summed E-state index contributed by atoms with van der Waals surface area (Å²) in [6.45, 7) is 0.387. The van der Waals surface area contributed by atoms with Crippen molar-refractivity contribution in [2.75, 3.05) is 5.88 Å². The number of nitrogens with one attached hydrogen (secondary N) is 2. The van der Waals surface area contributed by atoms with Crippen LogP contribution in [0.25, 0.3) is 0 Å². The van der Waals surface area contributed by atoms with Crippen LogP contribution in [0.3, 0.4) is 0 Å². The summed E-state index contributed by atoms with van der Waals surface area (Å²) in [6.07, 6.45) is 0. The average molecular weight is 312 g/mol. The lowest BCUT2D eigenvalue weighted by Crippen LogP contribution is -2.39. The molecule has 0 unspecified atom stereocenters. The van der Waals surface area contributed by atoms with E-state index >= 15 is 0 Å². The van der Waals surface area contributed by atoms with Gasteiger partial charge in [0.05, 0.1) is 6.54 Å². The molecule has 0 fully saturated rings. The van der Waals surface area contributed by atoms with E-state index in [4.69, 9.17) is 11.6 Å². The molecule has 1 aromatic heterocycles. The highest BCUT2D eigenvalue weighted by Crippen LogP contribution is 2.19. The second-order valence-electron chi connectivity index (χ2n) is 2.60. The third kappa shape index (κ3) is 4.63. The minimum atomic E-state index is -0.537. The van der Waals surface area contributed by atoms with E-state index in [9.17, 15) is 9.59 Å². The molecule has 0 aliphatic rings. The van der Waals surface area contributed by atoms with Gasteiger partial charge in [-0.3, -0.25) is 10.1 Å². The number of halogens is 2. The second-order valence-corrected chi connectivity index (χ2v) is 4.77. The number of hydrogen-bond acceptors (Lipinski definition) is 3. The number of alkyl halides is 1. The van der Waals surface area contributed by atoms with Crippen molar-refractivity contribution in [2.45, 2.75) is 6.54 Å². The topological polar surface area (TPSA) is 58.2 Å². The van der Waals surface area contributed by atoms with Gasteiger partial charge < -0.3 is 5.32 Å². The summed E-state index contributed by atoms with van der Waals surface area (Å²) >= 11 is 10.0. The van der Waals surface area contributed by atoms with Gasteiger partial charge in [0.25, 0.3) is 0 Å². The van der Waals surface area contributed by atoms with Crippen LogP contribution in [-0.4, -0.2) is 17.8 Å². The fourth-order valence-corrected chi connectivity index (χ4v) is 2.28. The summed E-state index contributed by atoms with van der Waals surface area (Å²) in [6, 6.07) is 1.36. The normalized spacial score (nSPS) is 9.73. The van der Waals surface area contributed by atoms with Crippen molar-refractivity contribution in [1.82, 2.24) is 10.6 Å². The Labute approximate surface area is 104 Å². The maximum Gasteiger partial charge on any atom is 0.321 e. The van der Waals surface area contributed by atoms with Crippen molar-refractivity contribution in [3.05, 3.63) is 20.8 Å². The van der Waals surface area contributed by atoms with Gasteiger partial charge in [0.1, 0.15) is 5.88 Å². The molecule has 1 rings (SSSR count). The molecule has 1 heterocycles. The van der Waals surface area contributed by atoms with E-state index < -0.39 is 11.9 Å². The Morgan fingerprint density at radius 1 is 1.53 bits per heavy atom. The number of carbonyl (C=O) groups is 2. The lowest BCUT2D eigenvalue weighted by atomic mass is 10.5. The van der Waals surface area contributed by atoms with Crippen LogP contribution < -0.4 is 10.6 Å². The van der Waals surface area contributed by atoms with Gasteiger partial charge in [-0.05, 0) is 22.0 Å². The predicted molar refractivity (Wildman–Crippen MR) is 63.1 cm³/mol. The average Bonchev–Trinajstić information content (AvgIpc) is 2.61. The van der Waals surface area contributed by atoms with Crippen LogP contribution in [0.5, 0.6) is 0 Å². The van der Waals surface area contributed by atoms with Crippen molar-refractivity contribution in [3.8, 4) is 0 Å². The molecule has 82 valence electrons. The first-order valence-corrected chi connectivity index (χ1v) is 6.19. The maximum atomic E-state index is 11.1. The number of rotatable bonds is 3. The molecule has 1 aromatic rings. The van der Waals surface area contributed by atoms with E-state index in [0.29, 0.717) is 6.54 Å². The number of urea groups is 1. The first kappa shape index (κ1) is 12.5. The highest BCUT2D eigenvalue weighted by Gasteiger charge is 2.05. The minimum absolute atomic E-state index is 0.224. The van der Waals surface area contributed by atoms with Crippen LogP contribution in [-0.2, 0) is 11.3 Å². The van der Waals surface area contributed by atoms with Crippen LogP contribution in [0, 0.1) is 0 Å². The van der Waals surface area contributed by atoms with E-state index in [1.807, 2.05) is 11.4 Å². The zero-order valence-corrected chi connectivity index (χ0v) is 10.7. The van der Waals surface area contributed by atoms with Crippen LogP contribution in [0.1, 0.15) is 4.88 Å². The number of amides is 3. The summed E-state index contributed by atoms with van der Waals surface area (Å²) in [5.74, 6) is -0.737. The predicted octanol–water partition coefficient (Wildman–Crippen LogP) is 2.08. The number of hydrogen-bond donors (Lipinski definition) is 2. The third-order valence-corrected chi connectivity index (χ3v) is 3.36. The summed E-state index contributed by atoms with van der Waals surface area (Å²) in [5.41, 5.74) is 0. The monoisotopic (exact) mass is 310 g/mol. The Hall–Kier alpha value is -0.590. The molecule has 0 aliphatic carbocycles. The zero-order valence-electron chi connectivity index (χ0n) is 7.55. The Morgan fingerprint density at radius 3 is 2.80 bits per heavy atom. The van der Waals surface area contributed by atoms with E-state index in [0.717, 1.165) is 9.35 Å². The van der Waals surface area contributed by atoms with Gasteiger partial charge in [-0.15, -0.1) is 22.9 Å². The summed E-state index contributed by atoms with van der Waals surface area (Å²) in [4.78, 5) is 22.8. The largest absolute Gasteiger partial charge is 0.333 e. The minimum Gasteiger partial charge on any atom is -0.333 e. The molecule has 7 heteroatoms. The molecular weight excluding hydrogens is 304 g/mol. The first-order chi connectivity index (χ1) is 7.11. The van der Waals surface area contributed by atoms with E-state index in [1.165, 1.54) is 11.3 Å². The van der Waals surface area contributed by atoms with E-state index in [1.54, 1.807) is 0 Å². The molecule has 4 nitrogen and oxygen atoms in total. The second kappa shape index (κ2) is 6.09. The fourth-order valence-electron chi connectivity index (χ4n) is 0.818. The lowest BCUT2D eigenvalue weighted by Gasteiger charge is -2.03. The molecule has 0 spiro atoms. The molecule has 0 aliphatic heterocycles. The zero-order chi connectivity index (χ0) is 11.3. The molecule has 0 aromatic carbocycles. The van der Waals surface area contributed by atoms with Gasteiger partial charge in [0.2, 0.25) is 5.91 Å². The van der Waals surface area contributed by atoms with E-state index in [2.05, 4.69) is 26.6 Å². The summed E-state index contributed by atoms with van der Waals surface area (Å²) in [7, 11) is 0. The van der Waals surface area contributed by atoms with E-state index in [-0.39, 0.29) is 5.88 Å². The lowest BCUT2D eigenvalue weighted by molar-refractivity contribution is -0.117. The van der Waals surface area contributed by atoms with Crippen molar-refractivity contribution in [2.24, 2.45) is 0 Å². The van der Waals surface area contributed by atoms with Gasteiger partial charge in [-0.25, -0.2) is 4.79 Å². The SMILES string of the molecule is O=C(CCl)NC(=O)NCc1cc(Br)cs1. The van der Waals surface area contributed by atoms with Crippen LogP contribution >= 0.6 is 38.9 Å². The summed E-state index contributed by atoms with van der Waals surface area (Å²) < 4.78 is 0.974. The third-order valence-electron chi connectivity index (χ3n) is 1.42. The Bertz CT molecular complexity index is 369. The van der Waals surface area contributed by atoms with Crippen molar-refractivity contribution in [1.29, 1.82) is 0 Å². The number of thiophene rings is 1. The van der Waals surface area contributed by atoms with Crippen molar-refractivity contribution in [3.63, 3.8) is 0 Å². The Kier molecular flexibility index (Phi) is 5.07. The van der Waals surface area contributed by atoms with Gasteiger partial charge in [0.15, 0.2) is 0 Å². The first-order valence-electron chi connectivity index (χ1n) is 3.98. The highest BCUT2D eigenvalue weighted by atomic mass is 79.9. The Balaban J connectivity index is 2.31.